The van der Waals surface area contributed by atoms with E-state index in [0.29, 0.717) is 36.8 Å². The van der Waals surface area contributed by atoms with Crippen LogP contribution >= 0.6 is 0 Å². The van der Waals surface area contributed by atoms with Crippen molar-refractivity contribution in [3.8, 4) is 11.5 Å². The van der Waals surface area contributed by atoms with E-state index >= 15 is 0 Å². The number of phenolic OH excluding ortho intramolecular Hbond substituents is 1. The monoisotopic (exact) mass is 757 g/mol. The Kier molecular flexibility index (Phi) is 9.65. The molecular formula is C45H48FN5O5. The van der Waals surface area contributed by atoms with Gasteiger partial charge in [0.15, 0.2) is 0 Å². The number of nitrogens with zero attached hydrogens (tertiary/aromatic N) is 4. The molecule has 3 amide bonds. The predicted molar refractivity (Wildman–Crippen MR) is 212 cm³/mol. The number of aryl methyl sites for hydroxylation is 1. The van der Waals surface area contributed by atoms with E-state index in [9.17, 15) is 23.9 Å². The summed E-state index contributed by atoms with van der Waals surface area (Å²) in [6.07, 6.45) is 2.91. The summed E-state index contributed by atoms with van der Waals surface area (Å²) >= 11 is 0. The lowest BCUT2D eigenvalue weighted by molar-refractivity contribution is -0.136. The fourth-order valence-electron chi connectivity index (χ4n) is 9.71. The second-order valence-electron chi connectivity index (χ2n) is 16.2. The summed E-state index contributed by atoms with van der Waals surface area (Å²) in [6.45, 7) is 9.77. The van der Waals surface area contributed by atoms with Crippen LogP contribution in [0.4, 0.5) is 15.8 Å². The number of benzene rings is 4. The van der Waals surface area contributed by atoms with Gasteiger partial charge in [0.2, 0.25) is 11.8 Å². The van der Waals surface area contributed by atoms with Crippen molar-refractivity contribution in [1.29, 1.82) is 0 Å². The number of fused-ring (bicyclic) bond motifs is 2. The quantitative estimate of drug-likeness (QED) is 0.223. The first-order chi connectivity index (χ1) is 27.2. The van der Waals surface area contributed by atoms with Gasteiger partial charge in [0.1, 0.15) is 23.4 Å². The number of halogens is 1. The smallest absolute Gasteiger partial charge is 0.255 e. The molecule has 290 valence electrons. The van der Waals surface area contributed by atoms with E-state index in [1.54, 1.807) is 23.1 Å². The Balaban J connectivity index is 0.790. The predicted octanol–water partition coefficient (Wildman–Crippen LogP) is 5.95. The second kappa shape index (κ2) is 14.9. The van der Waals surface area contributed by atoms with Gasteiger partial charge in [-0.05, 0) is 103 Å². The van der Waals surface area contributed by atoms with Gasteiger partial charge >= 0.3 is 0 Å². The molecule has 0 radical (unpaired) electrons. The van der Waals surface area contributed by atoms with E-state index in [0.717, 1.165) is 86.6 Å². The Morgan fingerprint density at radius 2 is 1.54 bits per heavy atom. The van der Waals surface area contributed by atoms with Crippen LogP contribution in [0.3, 0.4) is 0 Å². The van der Waals surface area contributed by atoms with Crippen LogP contribution in [0, 0.1) is 18.7 Å². The van der Waals surface area contributed by atoms with Crippen LogP contribution in [-0.4, -0.2) is 91.1 Å². The average Bonchev–Trinajstić information content (AvgIpc) is 3.53. The molecule has 3 saturated heterocycles. The Bertz CT molecular complexity index is 2160. The molecule has 9 rings (SSSR count). The lowest BCUT2D eigenvalue weighted by atomic mass is 9.75. The van der Waals surface area contributed by atoms with Crippen molar-refractivity contribution in [2.24, 2.45) is 5.92 Å². The summed E-state index contributed by atoms with van der Waals surface area (Å²) in [6, 6.07) is 24.7. The zero-order valence-corrected chi connectivity index (χ0v) is 31.8. The van der Waals surface area contributed by atoms with Gasteiger partial charge < -0.3 is 24.5 Å². The first-order valence-electron chi connectivity index (χ1n) is 20.0. The third-order valence-corrected chi connectivity index (χ3v) is 12.8. The van der Waals surface area contributed by atoms with E-state index in [1.165, 1.54) is 17.3 Å². The number of piperidine rings is 2. The van der Waals surface area contributed by atoms with Gasteiger partial charge in [0, 0.05) is 99.2 Å². The Morgan fingerprint density at radius 1 is 0.804 bits per heavy atom. The molecule has 11 heteroatoms. The van der Waals surface area contributed by atoms with Crippen LogP contribution in [-0.2, 0) is 16.1 Å². The van der Waals surface area contributed by atoms with Crippen LogP contribution in [0.5, 0.6) is 11.5 Å². The minimum atomic E-state index is -0.599. The third kappa shape index (κ3) is 6.97. The number of piperazine rings is 1. The van der Waals surface area contributed by atoms with Gasteiger partial charge in [0.25, 0.3) is 5.91 Å². The maximum Gasteiger partial charge on any atom is 0.255 e. The summed E-state index contributed by atoms with van der Waals surface area (Å²) in [5.74, 6) is 0.501. The highest BCUT2D eigenvalue weighted by molar-refractivity contribution is 6.05. The maximum absolute atomic E-state index is 14.1. The zero-order valence-electron chi connectivity index (χ0n) is 31.8. The van der Waals surface area contributed by atoms with E-state index < -0.39 is 6.04 Å². The Labute approximate surface area is 326 Å². The molecule has 4 aromatic rings. The summed E-state index contributed by atoms with van der Waals surface area (Å²) in [5, 5.41) is 12.6. The summed E-state index contributed by atoms with van der Waals surface area (Å²) in [5.41, 5.74) is 8.12. The van der Waals surface area contributed by atoms with Gasteiger partial charge in [-0.15, -0.1) is 0 Å². The molecule has 4 aromatic carbocycles. The molecule has 5 aliphatic heterocycles. The number of aromatic hydroxyl groups is 1. The number of nitrogens with one attached hydrogen (secondary N) is 1. The molecule has 0 aromatic heterocycles. The largest absolute Gasteiger partial charge is 0.508 e. The highest BCUT2D eigenvalue weighted by Crippen LogP contribution is 2.48. The van der Waals surface area contributed by atoms with Crippen molar-refractivity contribution in [2.75, 3.05) is 62.2 Å². The summed E-state index contributed by atoms with van der Waals surface area (Å²) in [7, 11) is 0. The van der Waals surface area contributed by atoms with Crippen molar-refractivity contribution in [1.82, 2.24) is 15.1 Å². The number of ether oxygens (including phenoxy) is 1. The first-order valence-corrected chi connectivity index (χ1v) is 20.0. The van der Waals surface area contributed by atoms with Crippen LogP contribution in [0.2, 0.25) is 0 Å². The highest BCUT2D eigenvalue weighted by Gasteiger charge is 2.40. The van der Waals surface area contributed by atoms with Gasteiger partial charge in [-0.25, -0.2) is 4.39 Å². The summed E-state index contributed by atoms with van der Waals surface area (Å²) < 4.78 is 20.2. The van der Waals surface area contributed by atoms with Crippen molar-refractivity contribution >= 4 is 29.1 Å². The number of hydrogen-bond acceptors (Lipinski definition) is 8. The molecule has 0 bridgehead atoms. The molecule has 5 heterocycles. The number of hydrogen-bond donors (Lipinski definition) is 2. The molecule has 3 fully saturated rings. The molecule has 0 saturated carbocycles. The normalized spacial score (nSPS) is 23.1. The topological polar surface area (TPSA) is 106 Å². The van der Waals surface area contributed by atoms with Crippen molar-refractivity contribution in [3.63, 3.8) is 0 Å². The molecule has 10 nitrogen and oxygen atoms in total. The van der Waals surface area contributed by atoms with Crippen molar-refractivity contribution in [2.45, 2.75) is 57.0 Å². The number of carbonyl (C=O) groups excluding carboxylic acids is 3. The van der Waals surface area contributed by atoms with Gasteiger partial charge in [-0.3, -0.25) is 24.6 Å². The molecule has 2 N–H and O–H groups in total. The Hall–Kier alpha value is -5.42. The van der Waals surface area contributed by atoms with Gasteiger partial charge in [-0.2, -0.15) is 0 Å². The molecule has 5 aliphatic rings. The van der Waals surface area contributed by atoms with Crippen LogP contribution < -0.4 is 19.9 Å². The maximum atomic E-state index is 14.1. The average molecular weight is 758 g/mol. The van der Waals surface area contributed by atoms with Gasteiger partial charge in [-0.1, -0.05) is 24.3 Å². The van der Waals surface area contributed by atoms with Crippen LogP contribution in [0.15, 0.2) is 78.9 Å². The summed E-state index contributed by atoms with van der Waals surface area (Å²) in [4.78, 5) is 46.3. The molecule has 3 atom stereocenters. The van der Waals surface area contributed by atoms with Crippen molar-refractivity contribution < 1.29 is 28.6 Å². The zero-order chi connectivity index (χ0) is 38.5. The number of phenols is 1. The third-order valence-electron chi connectivity index (χ3n) is 12.8. The molecular weight excluding hydrogens is 710 g/mol. The first kappa shape index (κ1) is 36.2. The molecule has 56 heavy (non-hydrogen) atoms. The lowest BCUT2D eigenvalue weighted by Crippen LogP contribution is -2.52. The number of amides is 3. The minimum Gasteiger partial charge on any atom is -0.508 e. The standard InChI is InChI=1S/C45H48FN5O5/c1-28-22-32(46)4-9-36(28)39-27-56-41-24-35(52)8-11-38(41)43(39)30-2-5-33(6-3-30)49-16-14-29(15-17-49)25-48-18-20-50(21-19-48)34-7-10-37-31(23-34)26-51(45(37)55)40-12-13-42(53)47-44(40)54/h2-11,22-24,29,39-40,43,52H,12-21,25-27H2,1H3,(H,47,53,54)/t39?,40-,43?/m0/s1. The van der Waals surface area contributed by atoms with E-state index in [2.05, 4.69) is 50.3 Å². The number of carbonyl (C=O) groups is 3. The van der Waals surface area contributed by atoms with Crippen molar-refractivity contribution in [3.05, 3.63) is 118 Å². The second-order valence-corrected chi connectivity index (χ2v) is 16.2. The number of anilines is 2. The Morgan fingerprint density at radius 3 is 2.29 bits per heavy atom. The van der Waals surface area contributed by atoms with Crippen LogP contribution in [0.1, 0.15) is 75.7 Å². The fraction of sp³-hybridized carbons (Fsp3) is 0.400. The fourth-order valence-corrected chi connectivity index (χ4v) is 9.71. The molecule has 0 spiro atoms. The molecule has 2 unspecified atom stereocenters. The lowest BCUT2D eigenvalue weighted by Gasteiger charge is -2.40. The highest BCUT2D eigenvalue weighted by atomic mass is 19.1. The van der Waals surface area contributed by atoms with Crippen LogP contribution in [0.25, 0.3) is 0 Å². The molecule has 0 aliphatic carbocycles. The van der Waals surface area contributed by atoms with E-state index in [-0.39, 0.29) is 47.5 Å². The van der Waals surface area contributed by atoms with E-state index in [4.69, 9.17) is 4.74 Å². The van der Waals surface area contributed by atoms with E-state index in [1.807, 2.05) is 31.2 Å². The number of imide groups is 1. The SMILES string of the molecule is Cc1cc(F)ccc1C1COc2cc(O)ccc2C1c1ccc(N2CCC(CN3CCN(c4ccc5c(c4)CN([C@H]4CCC(=O)NC4=O)C5=O)CC3)CC2)cc1. The number of rotatable bonds is 7. The minimum absolute atomic E-state index is 0.00557. The van der Waals surface area contributed by atoms with Gasteiger partial charge in [0.05, 0.1) is 6.61 Å².